The number of anilines is 1. The lowest BCUT2D eigenvalue weighted by molar-refractivity contribution is -0.141. The fourth-order valence-electron chi connectivity index (χ4n) is 1.99. The minimum Gasteiger partial charge on any atom is -0.467 e. The molecule has 2 aromatic rings. The Kier molecular flexibility index (Phi) is 4.96. The Labute approximate surface area is 131 Å². The molecule has 110 valence electrons. The van der Waals surface area contributed by atoms with Crippen molar-refractivity contribution in [3.8, 4) is 0 Å². The highest BCUT2D eigenvalue weighted by atomic mass is 79.9. The van der Waals surface area contributed by atoms with Crippen LogP contribution in [0.4, 0.5) is 10.1 Å². The number of benzene rings is 2. The van der Waals surface area contributed by atoms with Gasteiger partial charge in [-0.05, 0) is 42.3 Å². The van der Waals surface area contributed by atoms with Crippen LogP contribution in [0.25, 0.3) is 0 Å². The van der Waals surface area contributed by atoms with Gasteiger partial charge in [0.25, 0.3) is 0 Å². The molecule has 1 N–H and O–H groups in total. The number of hydrogen-bond acceptors (Lipinski definition) is 3. The summed E-state index contributed by atoms with van der Waals surface area (Å²) in [4.78, 5) is 12.0. The molecule has 0 saturated carbocycles. The summed E-state index contributed by atoms with van der Waals surface area (Å²) >= 11 is 3.42. The van der Waals surface area contributed by atoms with Gasteiger partial charge in [-0.15, -0.1) is 0 Å². The van der Waals surface area contributed by atoms with E-state index in [4.69, 9.17) is 4.74 Å². The number of ether oxygens (including phenoxy) is 1. The van der Waals surface area contributed by atoms with Gasteiger partial charge >= 0.3 is 5.97 Å². The first-order valence-electron chi connectivity index (χ1n) is 6.37. The van der Waals surface area contributed by atoms with E-state index in [-0.39, 0.29) is 5.82 Å². The molecule has 0 amide bonds. The maximum absolute atomic E-state index is 13.3. The number of rotatable bonds is 4. The van der Waals surface area contributed by atoms with Crippen LogP contribution in [-0.4, -0.2) is 13.1 Å². The Morgan fingerprint density at radius 1 is 1.29 bits per heavy atom. The average molecular weight is 352 g/mol. The lowest BCUT2D eigenvalue weighted by Crippen LogP contribution is -2.22. The van der Waals surface area contributed by atoms with Crippen molar-refractivity contribution < 1.29 is 13.9 Å². The molecule has 0 saturated heterocycles. The number of aryl methyl sites for hydroxylation is 1. The van der Waals surface area contributed by atoms with Gasteiger partial charge in [0.2, 0.25) is 0 Å². The standard InChI is InChI=1S/C16H15BrFNO2/c1-10-8-11(6-7-14(10)17)15(16(20)21-2)19-13-5-3-4-12(18)9-13/h3-9,15,19H,1-2H3. The molecule has 0 bridgehead atoms. The smallest absolute Gasteiger partial charge is 0.332 e. The van der Waals surface area contributed by atoms with Gasteiger partial charge in [-0.2, -0.15) is 0 Å². The predicted octanol–water partition coefficient (Wildman–Crippen LogP) is 4.22. The molecule has 2 aromatic carbocycles. The lowest BCUT2D eigenvalue weighted by atomic mass is 10.0. The van der Waals surface area contributed by atoms with Gasteiger partial charge in [0, 0.05) is 10.2 Å². The van der Waals surface area contributed by atoms with Crippen molar-refractivity contribution in [2.24, 2.45) is 0 Å². The summed E-state index contributed by atoms with van der Waals surface area (Å²) in [7, 11) is 1.33. The molecule has 1 unspecified atom stereocenters. The Bertz CT molecular complexity index is 660. The third kappa shape index (κ3) is 3.82. The monoisotopic (exact) mass is 351 g/mol. The van der Waals surface area contributed by atoms with Crippen LogP contribution < -0.4 is 5.32 Å². The summed E-state index contributed by atoms with van der Waals surface area (Å²) in [5, 5.41) is 3.00. The number of hydrogen-bond donors (Lipinski definition) is 1. The van der Waals surface area contributed by atoms with Crippen molar-refractivity contribution >= 4 is 27.6 Å². The van der Waals surface area contributed by atoms with Gasteiger partial charge in [0.05, 0.1) is 7.11 Å². The molecule has 1 atom stereocenters. The van der Waals surface area contributed by atoms with E-state index in [1.807, 2.05) is 25.1 Å². The van der Waals surface area contributed by atoms with E-state index in [1.54, 1.807) is 12.1 Å². The largest absolute Gasteiger partial charge is 0.467 e. The van der Waals surface area contributed by atoms with E-state index in [0.717, 1.165) is 15.6 Å². The summed E-state index contributed by atoms with van der Waals surface area (Å²) < 4.78 is 19.0. The highest BCUT2D eigenvalue weighted by molar-refractivity contribution is 9.10. The molecule has 0 aliphatic rings. The van der Waals surface area contributed by atoms with E-state index < -0.39 is 12.0 Å². The number of esters is 1. The van der Waals surface area contributed by atoms with Crippen molar-refractivity contribution in [1.29, 1.82) is 0 Å². The summed E-state index contributed by atoms with van der Waals surface area (Å²) in [6, 6.07) is 10.9. The van der Waals surface area contributed by atoms with Crippen LogP contribution in [0.1, 0.15) is 17.2 Å². The minimum absolute atomic E-state index is 0.365. The zero-order valence-corrected chi connectivity index (χ0v) is 13.3. The number of halogens is 2. The van der Waals surface area contributed by atoms with Crippen molar-refractivity contribution in [2.45, 2.75) is 13.0 Å². The van der Waals surface area contributed by atoms with Crippen LogP contribution in [0.2, 0.25) is 0 Å². The maximum atomic E-state index is 13.3. The molecule has 0 fully saturated rings. The molecule has 3 nitrogen and oxygen atoms in total. The number of methoxy groups -OCH3 is 1. The minimum atomic E-state index is -0.691. The second kappa shape index (κ2) is 6.72. The molecule has 0 aliphatic carbocycles. The van der Waals surface area contributed by atoms with Gasteiger partial charge in [-0.25, -0.2) is 9.18 Å². The number of carbonyl (C=O) groups is 1. The SMILES string of the molecule is COC(=O)C(Nc1cccc(F)c1)c1ccc(Br)c(C)c1. The van der Waals surface area contributed by atoms with E-state index in [0.29, 0.717) is 5.69 Å². The Balaban J connectivity index is 2.34. The maximum Gasteiger partial charge on any atom is 0.332 e. The van der Waals surface area contributed by atoms with Gasteiger partial charge in [0.1, 0.15) is 5.82 Å². The van der Waals surface area contributed by atoms with Crippen LogP contribution >= 0.6 is 15.9 Å². The van der Waals surface area contributed by atoms with E-state index in [2.05, 4.69) is 21.2 Å². The quantitative estimate of drug-likeness (QED) is 0.838. The number of nitrogens with one attached hydrogen (secondary N) is 1. The molecule has 21 heavy (non-hydrogen) atoms. The second-order valence-corrected chi connectivity index (χ2v) is 5.47. The predicted molar refractivity (Wildman–Crippen MR) is 83.7 cm³/mol. The first kappa shape index (κ1) is 15.5. The fraction of sp³-hybridized carbons (Fsp3) is 0.188. The van der Waals surface area contributed by atoms with Gasteiger partial charge in [-0.1, -0.05) is 34.1 Å². The molecule has 2 rings (SSSR count). The zero-order valence-electron chi connectivity index (χ0n) is 11.7. The van der Waals surface area contributed by atoms with Crippen LogP contribution in [0.3, 0.4) is 0 Å². The highest BCUT2D eigenvalue weighted by Gasteiger charge is 2.21. The molecule has 0 heterocycles. The summed E-state index contributed by atoms with van der Waals surface area (Å²) in [6.45, 7) is 1.93. The topological polar surface area (TPSA) is 38.3 Å². The molecule has 5 heteroatoms. The van der Waals surface area contributed by atoms with Crippen LogP contribution in [0.5, 0.6) is 0 Å². The third-order valence-corrected chi connectivity index (χ3v) is 3.98. The summed E-state index contributed by atoms with van der Waals surface area (Å²) in [6.07, 6.45) is 0. The second-order valence-electron chi connectivity index (χ2n) is 4.62. The molecular formula is C16H15BrFNO2. The van der Waals surface area contributed by atoms with Crippen molar-refractivity contribution in [3.63, 3.8) is 0 Å². The molecule has 0 aromatic heterocycles. The molecule has 0 spiro atoms. The van der Waals surface area contributed by atoms with Crippen LogP contribution in [0.15, 0.2) is 46.9 Å². The first-order chi connectivity index (χ1) is 10.0. The van der Waals surface area contributed by atoms with E-state index in [9.17, 15) is 9.18 Å². The van der Waals surface area contributed by atoms with Crippen molar-refractivity contribution in [1.82, 2.24) is 0 Å². The summed E-state index contributed by atoms with van der Waals surface area (Å²) in [5.41, 5.74) is 2.28. The average Bonchev–Trinajstić information content (AvgIpc) is 2.47. The third-order valence-electron chi connectivity index (χ3n) is 3.09. The van der Waals surface area contributed by atoms with Crippen LogP contribution in [-0.2, 0) is 9.53 Å². The Hall–Kier alpha value is -1.88. The van der Waals surface area contributed by atoms with Gasteiger partial charge in [-0.3, -0.25) is 0 Å². The first-order valence-corrected chi connectivity index (χ1v) is 7.16. The highest BCUT2D eigenvalue weighted by Crippen LogP contribution is 2.25. The Morgan fingerprint density at radius 3 is 2.67 bits per heavy atom. The lowest BCUT2D eigenvalue weighted by Gasteiger charge is -2.19. The summed E-state index contributed by atoms with van der Waals surface area (Å²) in [5.74, 6) is -0.795. The normalized spacial score (nSPS) is 11.8. The zero-order chi connectivity index (χ0) is 15.4. The van der Waals surface area contributed by atoms with E-state index in [1.165, 1.54) is 19.2 Å². The van der Waals surface area contributed by atoms with Gasteiger partial charge < -0.3 is 10.1 Å². The molecule has 0 aliphatic heterocycles. The van der Waals surface area contributed by atoms with E-state index >= 15 is 0 Å². The molecule has 0 radical (unpaired) electrons. The van der Waals surface area contributed by atoms with Crippen LogP contribution in [0, 0.1) is 12.7 Å². The Morgan fingerprint density at radius 2 is 2.05 bits per heavy atom. The van der Waals surface area contributed by atoms with Crippen molar-refractivity contribution in [2.75, 3.05) is 12.4 Å². The number of carbonyl (C=O) groups excluding carboxylic acids is 1. The van der Waals surface area contributed by atoms with Gasteiger partial charge in [0.15, 0.2) is 6.04 Å². The van der Waals surface area contributed by atoms with Crippen molar-refractivity contribution in [3.05, 3.63) is 63.9 Å². The molecular weight excluding hydrogens is 337 g/mol. The fourth-order valence-corrected chi connectivity index (χ4v) is 2.24.